The van der Waals surface area contributed by atoms with Crippen molar-refractivity contribution in [2.24, 2.45) is 5.10 Å². The van der Waals surface area contributed by atoms with Crippen LogP contribution in [0.25, 0.3) is 5.65 Å². The van der Waals surface area contributed by atoms with E-state index < -0.39 is 0 Å². The van der Waals surface area contributed by atoms with E-state index in [4.69, 9.17) is 4.98 Å². The number of anilines is 1. The van der Waals surface area contributed by atoms with Crippen molar-refractivity contribution in [3.8, 4) is 0 Å². The van der Waals surface area contributed by atoms with E-state index in [1.165, 1.54) is 23.0 Å². The molecule has 1 saturated heterocycles. The maximum absolute atomic E-state index is 13.1. The Morgan fingerprint density at radius 1 is 1.21 bits per heavy atom. The summed E-state index contributed by atoms with van der Waals surface area (Å²) < 4.78 is 1.51. The number of aryl methyl sites for hydroxylation is 1. The van der Waals surface area contributed by atoms with Gasteiger partial charge in [0.1, 0.15) is 17.0 Å². The Kier molecular flexibility index (Phi) is 4.84. The van der Waals surface area contributed by atoms with Crippen LogP contribution in [0, 0.1) is 6.92 Å². The smallest absolute Gasteiger partial charge is 0.271 e. The fourth-order valence-electron chi connectivity index (χ4n) is 3.31. The van der Waals surface area contributed by atoms with Gasteiger partial charge in [-0.05, 0) is 43.5 Å². The first-order valence-corrected chi connectivity index (χ1v) is 9.15. The molecule has 3 aromatic heterocycles. The highest BCUT2D eigenvalue weighted by Crippen LogP contribution is 2.21. The van der Waals surface area contributed by atoms with Crippen molar-refractivity contribution in [2.45, 2.75) is 19.8 Å². The van der Waals surface area contributed by atoms with Crippen molar-refractivity contribution in [1.29, 1.82) is 0 Å². The molecule has 0 unspecified atom stereocenters. The third kappa shape index (κ3) is 3.36. The standard InChI is InChI=1S/C20H20N6O2/c1-14-5-4-12-26-17(14)23-18(25-10-2-3-11-25)16(20(26)28)13-22-24-19(27)15-6-8-21-9-7-15/h4-9,12-13H,2-3,10-11H2,1H3,(H,24,27)/b22-13-. The summed E-state index contributed by atoms with van der Waals surface area (Å²) in [5, 5.41) is 4.02. The maximum Gasteiger partial charge on any atom is 0.271 e. The number of rotatable bonds is 4. The van der Waals surface area contributed by atoms with Gasteiger partial charge in [-0.1, -0.05) is 6.07 Å². The highest BCUT2D eigenvalue weighted by Gasteiger charge is 2.21. The monoisotopic (exact) mass is 376 g/mol. The molecule has 0 radical (unpaired) electrons. The summed E-state index contributed by atoms with van der Waals surface area (Å²) in [5.74, 6) is 0.241. The number of nitrogens with zero attached hydrogens (tertiary/aromatic N) is 5. The van der Waals surface area contributed by atoms with Crippen molar-refractivity contribution in [1.82, 2.24) is 19.8 Å². The van der Waals surface area contributed by atoms with Crippen LogP contribution >= 0.6 is 0 Å². The Balaban J connectivity index is 1.72. The normalized spacial score (nSPS) is 14.1. The van der Waals surface area contributed by atoms with Crippen molar-refractivity contribution in [2.75, 3.05) is 18.0 Å². The third-order valence-electron chi connectivity index (χ3n) is 4.77. The minimum Gasteiger partial charge on any atom is -0.356 e. The second-order valence-electron chi connectivity index (χ2n) is 6.67. The topological polar surface area (TPSA) is 92.0 Å². The van der Waals surface area contributed by atoms with Gasteiger partial charge in [0.2, 0.25) is 0 Å². The first kappa shape index (κ1) is 17.8. The van der Waals surface area contributed by atoms with E-state index in [0.717, 1.165) is 31.5 Å². The van der Waals surface area contributed by atoms with E-state index >= 15 is 0 Å². The number of hydrazone groups is 1. The van der Waals surface area contributed by atoms with E-state index in [1.54, 1.807) is 18.3 Å². The molecule has 8 heteroatoms. The lowest BCUT2D eigenvalue weighted by Gasteiger charge is -2.19. The Hall–Kier alpha value is -3.55. The molecule has 0 atom stereocenters. The predicted molar refractivity (Wildman–Crippen MR) is 107 cm³/mol. The van der Waals surface area contributed by atoms with E-state index in [2.05, 4.69) is 20.4 Å². The van der Waals surface area contributed by atoms with Gasteiger partial charge in [0, 0.05) is 37.2 Å². The van der Waals surface area contributed by atoms with Gasteiger partial charge in [-0.25, -0.2) is 10.4 Å². The summed E-state index contributed by atoms with van der Waals surface area (Å²) in [5.41, 5.74) is 4.61. The summed E-state index contributed by atoms with van der Waals surface area (Å²) >= 11 is 0. The van der Waals surface area contributed by atoms with Gasteiger partial charge in [-0.15, -0.1) is 0 Å². The van der Waals surface area contributed by atoms with Crippen molar-refractivity contribution < 1.29 is 4.79 Å². The second-order valence-corrected chi connectivity index (χ2v) is 6.67. The summed E-state index contributed by atoms with van der Waals surface area (Å²) in [4.78, 5) is 36.0. The third-order valence-corrected chi connectivity index (χ3v) is 4.77. The van der Waals surface area contributed by atoms with Crippen molar-refractivity contribution in [3.63, 3.8) is 0 Å². The molecule has 1 N–H and O–H groups in total. The molecule has 0 saturated carbocycles. The van der Waals surface area contributed by atoms with Crippen LogP contribution in [0.3, 0.4) is 0 Å². The highest BCUT2D eigenvalue weighted by atomic mass is 16.2. The van der Waals surface area contributed by atoms with Gasteiger partial charge in [0.15, 0.2) is 0 Å². The van der Waals surface area contributed by atoms with Crippen molar-refractivity contribution >= 4 is 23.6 Å². The number of carbonyl (C=O) groups is 1. The average Bonchev–Trinajstić information content (AvgIpc) is 3.25. The quantitative estimate of drug-likeness (QED) is 0.553. The molecule has 0 aromatic carbocycles. The molecule has 3 aromatic rings. The highest BCUT2D eigenvalue weighted by molar-refractivity contribution is 5.95. The van der Waals surface area contributed by atoms with Crippen LogP contribution in [0.2, 0.25) is 0 Å². The molecule has 0 bridgehead atoms. The SMILES string of the molecule is Cc1cccn2c(=O)c(/C=N\NC(=O)c3ccncc3)c(N3CCCC3)nc12. The molecule has 1 fully saturated rings. The maximum atomic E-state index is 13.1. The van der Waals surface area contributed by atoms with Gasteiger partial charge in [-0.2, -0.15) is 5.10 Å². The molecule has 1 amide bonds. The number of hydrogen-bond donors (Lipinski definition) is 1. The fourth-order valence-corrected chi connectivity index (χ4v) is 3.31. The number of amides is 1. The number of fused-ring (bicyclic) bond motifs is 1. The zero-order chi connectivity index (χ0) is 19.5. The molecule has 0 aliphatic carbocycles. The van der Waals surface area contributed by atoms with Gasteiger partial charge in [0.25, 0.3) is 11.5 Å². The minimum absolute atomic E-state index is 0.211. The molecule has 0 spiro atoms. The van der Waals surface area contributed by atoms with E-state index in [0.29, 0.717) is 22.6 Å². The summed E-state index contributed by atoms with van der Waals surface area (Å²) in [6, 6.07) is 6.93. The van der Waals surface area contributed by atoms with Gasteiger partial charge in [0.05, 0.1) is 6.21 Å². The summed E-state index contributed by atoms with van der Waals surface area (Å²) in [7, 11) is 0. The van der Waals surface area contributed by atoms with Crippen LogP contribution in [-0.4, -0.2) is 39.6 Å². The van der Waals surface area contributed by atoms with E-state index in [-0.39, 0.29) is 11.5 Å². The zero-order valence-corrected chi connectivity index (χ0v) is 15.5. The lowest BCUT2D eigenvalue weighted by atomic mass is 10.2. The molecule has 4 heterocycles. The minimum atomic E-state index is -0.369. The van der Waals surface area contributed by atoms with Gasteiger partial charge in [-0.3, -0.25) is 19.0 Å². The zero-order valence-electron chi connectivity index (χ0n) is 15.5. The van der Waals surface area contributed by atoms with Crippen LogP contribution in [0.4, 0.5) is 5.82 Å². The summed E-state index contributed by atoms with van der Waals surface area (Å²) in [6.07, 6.45) is 8.27. The van der Waals surface area contributed by atoms with Crippen LogP contribution < -0.4 is 15.9 Å². The summed E-state index contributed by atoms with van der Waals surface area (Å²) in [6.45, 7) is 3.62. The number of pyridine rings is 2. The van der Waals surface area contributed by atoms with Crippen LogP contribution in [-0.2, 0) is 0 Å². The Bertz CT molecular complexity index is 1100. The molecular formula is C20H20N6O2. The Morgan fingerprint density at radius 2 is 1.96 bits per heavy atom. The number of aromatic nitrogens is 3. The molecule has 8 nitrogen and oxygen atoms in total. The van der Waals surface area contributed by atoms with Crippen LogP contribution in [0.1, 0.15) is 34.3 Å². The molecule has 142 valence electrons. The first-order chi connectivity index (χ1) is 13.6. The van der Waals surface area contributed by atoms with Crippen molar-refractivity contribution in [3.05, 3.63) is 69.9 Å². The first-order valence-electron chi connectivity index (χ1n) is 9.15. The Labute approximate surface area is 161 Å². The second kappa shape index (κ2) is 7.59. The number of hydrogen-bond acceptors (Lipinski definition) is 6. The van der Waals surface area contributed by atoms with Gasteiger partial charge >= 0.3 is 0 Å². The largest absolute Gasteiger partial charge is 0.356 e. The van der Waals surface area contributed by atoms with E-state index in [9.17, 15) is 9.59 Å². The number of carbonyl (C=O) groups excluding carboxylic acids is 1. The lowest BCUT2D eigenvalue weighted by Crippen LogP contribution is -2.29. The Morgan fingerprint density at radius 3 is 2.71 bits per heavy atom. The average molecular weight is 376 g/mol. The predicted octanol–water partition coefficient (Wildman–Crippen LogP) is 1.76. The fraction of sp³-hybridized carbons (Fsp3) is 0.250. The van der Waals surface area contributed by atoms with Crippen LogP contribution in [0.15, 0.2) is 52.8 Å². The number of nitrogens with one attached hydrogen (secondary N) is 1. The molecular weight excluding hydrogens is 356 g/mol. The lowest BCUT2D eigenvalue weighted by molar-refractivity contribution is 0.0955. The molecule has 28 heavy (non-hydrogen) atoms. The molecule has 1 aliphatic heterocycles. The van der Waals surface area contributed by atoms with E-state index in [1.807, 2.05) is 19.1 Å². The molecule has 4 rings (SSSR count). The van der Waals surface area contributed by atoms with Crippen LogP contribution in [0.5, 0.6) is 0 Å². The molecule has 1 aliphatic rings. The van der Waals surface area contributed by atoms with Gasteiger partial charge < -0.3 is 4.90 Å².